The highest BCUT2D eigenvalue weighted by Gasteiger charge is 2.24. The molecule has 1 N–H and O–H groups in total. The number of likely N-dealkylation sites (tertiary alicyclic amines) is 1. The Hall–Kier alpha value is -2.63. The van der Waals surface area contributed by atoms with Crippen LogP contribution in [0.5, 0.6) is 0 Å². The summed E-state index contributed by atoms with van der Waals surface area (Å²) in [7, 11) is 0. The number of hydrogen-bond donors (Lipinski definition) is 1. The van der Waals surface area contributed by atoms with Crippen molar-refractivity contribution in [3.05, 3.63) is 76.4 Å². The topological polar surface area (TPSA) is 58.4 Å². The smallest absolute Gasteiger partial charge is 0.273 e. The Morgan fingerprint density at radius 1 is 1.13 bits per heavy atom. The minimum atomic E-state index is -0.228. The number of carbonyl (C=O) groups is 1. The minimum absolute atomic E-state index is 0.157. The van der Waals surface area contributed by atoms with Crippen molar-refractivity contribution in [2.45, 2.75) is 32.2 Å². The summed E-state index contributed by atoms with van der Waals surface area (Å²) in [6.07, 6.45) is 3.42. The molecule has 0 radical (unpaired) electrons. The number of hydrogen-bond acceptors (Lipinski definition) is 4. The van der Waals surface area contributed by atoms with Crippen LogP contribution in [0.15, 0.2) is 59.1 Å². The van der Waals surface area contributed by atoms with Gasteiger partial charge in [-0.15, -0.1) is 0 Å². The Balaban J connectivity index is 1.45. The summed E-state index contributed by atoms with van der Waals surface area (Å²) in [5, 5.41) is 7.65. The van der Waals surface area contributed by atoms with Crippen LogP contribution in [0.3, 0.4) is 0 Å². The van der Waals surface area contributed by atoms with Crippen molar-refractivity contribution < 1.29 is 9.32 Å². The number of nitrogens with zero attached hydrogens (tertiary/aromatic N) is 2. The van der Waals surface area contributed by atoms with E-state index in [0.717, 1.165) is 25.1 Å². The van der Waals surface area contributed by atoms with E-state index in [1.807, 2.05) is 12.1 Å². The van der Waals surface area contributed by atoms with E-state index < -0.39 is 0 Å². The van der Waals surface area contributed by atoms with Gasteiger partial charge in [0.1, 0.15) is 0 Å². The van der Waals surface area contributed by atoms with Gasteiger partial charge in [0.05, 0.1) is 6.04 Å². The molecular formula is C24H26ClN3O2. The summed E-state index contributed by atoms with van der Waals surface area (Å²) in [6, 6.07) is 17.8. The fraction of sp³-hybridized carbons (Fsp3) is 0.333. The van der Waals surface area contributed by atoms with Crippen LogP contribution in [0.2, 0.25) is 5.02 Å². The molecule has 30 heavy (non-hydrogen) atoms. The SMILES string of the molecule is CCc1ccc([C@H](CNC(=O)c2cc(-c3ccc(Cl)cc3)on2)N2CCCC2)cc1. The number of aryl methyl sites for hydroxylation is 1. The molecule has 0 aliphatic carbocycles. The molecule has 156 valence electrons. The summed E-state index contributed by atoms with van der Waals surface area (Å²) in [4.78, 5) is 15.2. The fourth-order valence-corrected chi connectivity index (χ4v) is 4.02. The zero-order chi connectivity index (χ0) is 20.9. The first-order valence-corrected chi connectivity index (χ1v) is 10.9. The molecule has 3 aromatic rings. The zero-order valence-electron chi connectivity index (χ0n) is 17.1. The van der Waals surface area contributed by atoms with Gasteiger partial charge in [0.25, 0.3) is 5.91 Å². The van der Waals surface area contributed by atoms with Crippen LogP contribution < -0.4 is 5.32 Å². The number of halogens is 1. The summed E-state index contributed by atoms with van der Waals surface area (Å²) in [5.41, 5.74) is 3.66. The Bertz CT molecular complexity index is 976. The number of amides is 1. The normalized spacial score (nSPS) is 15.3. The predicted molar refractivity (Wildman–Crippen MR) is 119 cm³/mol. The van der Waals surface area contributed by atoms with Gasteiger partial charge in [0, 0.05) is 23.2 Å². The average Bonchev–Trinajstić information content (AvgIpc) is 3.47. The lowest BCUT2D eigenvalue weighted by atomic mass is 10.0. The Morgan fingerprint density at radius 3 is 2.50 bits per heavy atom. The summed E-state index contributed by atoms with van der Waals surface area (Å²) in [5.74, 6) is 0.316. The Kier molecular flexibility index (Phi) is 6.50. The third kappa shape index (κ3) is 4.74. The Labute approximate surface area is 182 Å². The van der Waals surface area contributed by atoms with Gasteiger partial charge < -0.3 is 9.84 Å². The van der Waals surface area contributed by atoms with Gasteiger partial charge in [-0.25, -0.2) is 0 Å². The van der Waals surface area contributed by atoms with Gasteiger partial charge >= 0.3 is 0 Å². The number of carbonyl (C=O) groups excluding carboxylic acids is 1. The monoisotopic (exact) mass is 423 g/mol. The van der Waals surface area contributed by atoms with Crippen LogP contribution in [0.4, 0.5) is 0 Å². The number of benzene rings is 2. The van der Waals surface area contributed by atoms with E-state index in [-0.39, 0.29) is 17.6 Å². The van der Waals surface area contributed by atoms with Crippen LogP contribution in [0, 0.1) is 0 Å². The first-order chi connectivity index (χ1) is 14.6. The molecule has 1 aromatic heterocycles. The zero-order valence-corrected chi connectivity index (χ0v) is 17.9. The maximum atomic E-state index is 12.7. The molecule has 1 fully saturated rings. The van der Waals surface area contributed by atoms with Crippen molar-refractivity contribution in [2.75, 3.05) is 19.6 Å². The highest BCUT2D eigenvalue weighted by atomic mass is 35.5. The fourth-order valence-electron chi connectivity index (χ4n) is 3.90. The van der Waals surface area contributed by atoms with Gasteiger partial charge in [0.2, 0.25) is 0 Å². The number of aromatic nitrogens is 1. The second-order valence-corrected chi connectivity index (χ2v) is 8.08. The van der Waals surface area contributed by atoms with E-state index in [9.17, 15) is 4.79 Å². The van der Waals surface area contributed by atoms with Crippen LogP contribution in [-0.2, 0) is 6.42 Å². The van der Waals surface area contributed by atoms with E-state index in [1.165, 1.54) is 24.0 Å². The molecule has 2 aromatic carbocycles. The molecule has 4 rings (SSSR count). The van der Waals surface area contributed by atoms with Gasteiger partial charge in [0.15, 0.2) is 11.5 Å². The molecule has 0 saturated carbocycles. The third-order valence-corrected chi connectivity index (χ3v) is 5.93. The van der Waals surface area contributed by atoms with Crippen molar-refractivity contribution in [3.8, 4) is 11.3 Å². The summed E-state index contributed by atoms with van der Waals surface area (Å²) < 4.78 is 5.36. The molecule has 0 bridgehead atoms. The lowest BCUT2D eigenvalue weighted by Crippen LogP contribution is -2.36. The lowest BCUT2D eigenvalue weighted by Gasteiger charge is -2.28. The first-order valence-electron chi connectivity index (χ1n) is 10.5. The highest BCUT2D eigenvalue weighted by Crippen LogP contribution is 2.26. The minimum Gasteiger partial charge on any atom is -0.355 e. The van der Waals surface area contributed by atoms with Gasteiger partial charge in [-0.1, -0.05) is 47.9 Å². The van der Waals surface area contributed by atoms with Crippen molar-refractivity contribution in [3.63, 3.8) is 0 Å². The molecule has 1 atom stereocenters. The van der Waals surface area contributed by atoms with E-state index >= 15 is 0 Å². The molecule has 6 heteroatoms. The highest BCUT2D eigenvalue weighted by molar-refractivity contribution is 6.30. The average molecular weight is 424 g/mol. The largest absolute Gasteiger partial charge is 0.355 e. The predicted octanol–water partition coefficient (Wildman–Crippen LogP) is 5.12. The Morgan fingerprint density at radius 2 is 1.83 bits per heavy atom. The van der Waals surface area contributed by atoms with Gasteiger partial charge in [-0.05, 0) is 67.7 Å². The van der Waals surface area contributed by atoms with Crippen LogP contribution in [0.25, 0.3) is 11.3 Å². The second kappa shape index (κ2) is 9.45. The quantitative estimate of drug-likeness (QED) is 0.572. The van der Waals surface area contributed by atoms with Crippen molar-refractivity contribution in [1.82, 2.24) is 15.4 Å². The van der Waals surface area contributed by atoms with Crippen molar-refractivity contribution in [2.24, 2.45) is 0 Å². The second-order valence-electron chi connectivity index (χ2n) is 7.65. The molecule has 1 aliphatic heterocycles. The molecule has 1 aliphatic rings. The first kappa shape index (κ1) is 20.6. The molecule has 1 amide bonds. The van der Waals surface area contributed by atoms with Crippen LogP contribution in [-0.4, -0.2) is 35.6 Å². The third-order valence-electron chi connectivity index (χ3n) is 5.68. The summed E-state index contributed by atoms with van der Waals surface area (Å²) in [6.45, 7) is 4.80. The van der Waals surface area contributed by atoms with Crippen LogP contribution >= 0.6 is 11.6 Å². The molecule has 5 nitrogen and oxygen atoms in total. The molecular weight excluding hydrogens is 398 g/mol. The molecule has 0 spiro atoms. The maximum Gasteiger partial charge on any atom is 0.273 e. The van der Waals surface area contributed by atoms with E-state index in [1.54, 1.807) is 18.2 Å². The van der Waals surface area contributed by atoms with Gasteiger partial charge in [-0.3, -0.25) is 9.69 Å². The van der Waals surface area contributed by atoms with E-state index in [0.29, 0.717) is 17.3 Å². The molecule has 0 unspecified atom stereocenters. The van der Waals surface area contributed by atoms with E-state index in [4.69, 9.17) is 16.1 Å². The molecule has 1 saturated heterocycles. The molecule has 2 heterocycles. The van der Waals surface area contributed by atoms with Gasteiger partial charge in [-0.2, -0.15) is 0 Å². The van der Waals surface area contributed by atoms with E-state index in [2.05, 4.69) is 46.6 Å². The standard InChI is InChI=1S/C24H26ClN3O2/c1-2-17-5-7-18(8-6-17)22(28-13-3-4-14-28)16-26-24(29)21-15-23(30-27-21)19-9-11-20(25)12-10-19/h5-12,15,22H,2-4,13-14,16H2,1H3,(H,26,29)/t22-/m0/s1. The summed E-state index contributed by atoms with van der Waals surface area (Å²) >= 11 is 5.93. The van der Waals surface area contributed by atoms with Crippen LogP contribution in [0.1, 0.15) is 47.4 Å². The lowest BCUT2D eigenvalue weighted by molar-refractivity contribution is 0.0929. The van der Waals surface area contributed by atoms with Crippen molar-refractivity contribution in [1.29, 1.82) is 0 Å². The number of rotatable bonds is 7. The van der Waals surface area contributed by atoms with Crippen molar-refractivity contribution >= 4 is 17.5 Å². The number of nitrogens with one attached hydrogen (secondary N) is 1. The maximum absolute atomic E-state index is 12.7.